The molecule has 0 radical (unpaired) electrons. The van der Waals surface area contributed by atoms with E-state index < -0.39 is 0 Å². The average Bonchev–Trinajstić information content (AvgIpc) is 2.83. The quantitative estimate of drug-likeness (QED) is 0.840. The van der Waals surface area contributed by atoms with Crippen LogP contribution in [0.25, 0.3) is 11.3 Å². The molecule has 1 N–H and O–H groups in total. The highest BCUT2D eigenvalue weighted by Crippen LogP contribution is 2.34. The first-order chi connectivity index (χ1) is 9.20. The minimum Gasteiger partial charge on any atom is -0.462 e. The van der Waals surface area contributed by atoms with Crippen LogP contribution in [-0.4, -0.2) is 22.5 Å². The van der Waals surface area contributed by atoms with Crippen molar-refractivity contribution in [3.8, 4) is 11.3 Å². The molecule has 2 heterocycles. The zero-order valence-corrected chi connectivity index (χ0v) is 11.1. The molecule has 0 bridgehead atoms. The summed E-state index contributed by atoms with van der Waals surface area (Å²) in [4.78, 5) is 19.8. The van der Waals surface area contributed by atoms with Crippen molar-refractivity contribution in [2.75, 3.05) is 6.61 Å². The number of rotatable bonds is 2. The van der Waals surface area contributed by atoms with Crippen molar-refractivity contribution in [2.45, 2.75) is 26.7 Å². The maximum atomic E-state index is 12.0. The lowest BCUT2D eigenvalue weighted by atomic mass is 9.91. The average molecular weight is 256 g/mol. The summed E-state index contributed by atoms with van der Waals surface area (Å²) in [5, 5.41) is 0. The molecule has 0 spiro atoms. The van der Waals surface area contributed by atoms with E-state index >= 15 is 0 Å². The van der Waals surface area contributed by atoms with E-state index in [2.05, 4.69) is 16.0 Å². The Hall–Kier alpha value is -2.10. The predicted octanol–water partition coefficient (Wildman–Crippen LogP) is 2.66. The van der Waals surface area contributed by atoms with E-state index in [4.69, 9.17) is 4.74 Å². The van der Waals surface area contributed by atoms with Gasteiger partial charge in [0.05, 0.1) is 17.9 Å². The van der Waals surface area contributed by atoms with Crippen LogP contribution in [0.15, 0.2) is 18.3 Å². The van der Waals surface area contributed by atoms with Gasteiger partial charge < -0.3 is 9.72 Å². The zero-order chi connectivity index (χ0) is 13.4. The summed E-state index contributed by atoms with van der Waals surface area (Å²) in [5.74, 6) is -0.281. The number of carbonyl (C=O) groups excluding carboxylic acids is 1. The Morgan fingerprint density at radius 2 is 2.26 bits per heavy atom. The van der Waals surface area contributed by atoms with Gasteiger partial charge in [0, 0.05) is 23.1 Å². The van der Waals surface area contributed by atoms with Crippen molar-refractivity contribution in [3.05, 3.63) is 40.8 Å². The minimum absolute atomic E-state index is 0.281. The van der Waals surface area contributed by atoms with Gasteiger partial charge in [0.25, 0.3) is 0 Å². The third kappa shape index (κ3) is 1.93. The summed E-state index contributed by atoms with van der Waals surface area (Å²) in [5.41, 5.74) is 5.67. The smallest absolute Gasteiger partial charge is 0.340 e. The standard InChI is InChI=1S/C15H16N2O2/c1-3-19-15(18)11-8-16-12-7-6-10-5-4-9(2)17-14(10)13(11)12/h4-5,8,16H,3,6-7H2,1-2H3. The lowest BCUT2D eigenvalue weighted by molar-refractivity contribution is 0.0527. The third-order valence-corrected chi connectivity index (χ3v) is 3.46. The second-order valence-corrected chi connectivity index (χ2v) is 4.74. The first-order valence-electron chi connectivity index (χ1n) is 6.55. The summed E-state index contributed by atoms with van der Waals surface area (Å²) in [6.07, 6.45) is 3.60. The van der Waals surface area contributed by atoms with Gasteiger partial charge in [-0.15, -0.1) is 0 Å². The summed E-state index contributed by atoms with van der Waals surface area (Å²) in [6, 6.07) is 4.11. The van der Waals surface area contributed by atoms with Crippen molar-refractivity contribution >= 4 is 5.97 Å². The van der Waals surface area contributed by atoms with E-state index in [0.717, 1.165) is 35.5 Å². The van der Waals surface area contributed by atoms with E-state index in [0.29, 0.717) is 12.2 Å². The number of fused-ring (bicyclic) bond motifs is 3. The van der Waals surface area contributed by atoms with Gasteiger partial charge in [-0.25, -0.2) is 4.79 Å². The molecule has 1 aliphatic carbocycles. The highest BCUT2D eigenvalue weighted by molar-refractivity contribution is 5.98. The molecule has 0 fully saturated rings. The second kappa shape index (κ2) is 4.53. The van der Waals surface area contributed by atoms with Crippen LogP contribution in [0.4, 0.5) is 0 Å². The Kier molecular flexibility index (Phi) is 2.85. The van der Waals surface area contributed by atoms with Gasteiger partial charge in [0.2, 0.25) is 0 Å². The Bertz CT molecular complexity index is 644. The Morgan fingerprint density at radius 3 is 3.05 bits per heavy atom. The molecule has 0 aliphatic heterocycles. The number of nitrogens with one attached hydrogen (secondary N) is 1. The Balaban J connectivity index is 2.15. The fourth-order valence-corrected chi connectivity index (χ4v) is 2.57. The lowest BCUT2D eigenvalue weighted by Crippen LogP contribution is -2.10. The number of pyridine rings is 1. The summed E-state index contributed by atoms with van der Waals surface area (Å²) in [7, 11) is 0. The molecular weight excluding hydrogens is 240 g/mol. The minimum atomic E-state index is -0.281. The van der Waals surface area contributed by atoms with Gasteiger partial charge in [0.15, 0.2) is 0 Å². The second-order valence-electron chi connectivity index (χ2n) is 4.74. The maximum Gasteiger partial charge on any atom is 0.340 e. The molecule has 2 aromatic heterocycles. The lowest BCUT2D eigenvalue weighted by Gasteiger charge is -2.17. The van der Waals surface area contributed by atoms with Gasteiger partial charge >= 0.3 is 5.97 Å². The maximum absolute atomic E-state index is 12.0. The number of esters is 1. The first-order valence-corrected chi connectivity index (χ1v) is 6.55. The molecule has 19 heavy (non-hydrogen) atoms. The molecule has 0 unspecified atom stereocenters. The number of hydrogen-bond donors (Lipinski definition) is 1. The molecule has 0 aromatic carbocycles. The number of nitrogens with zero attached hydrogens (tertiary/aromatic N) is 1. The zero-order valence-electron chi connectivity index (χ0n) is 11.1. The topological polar surface area (TPSA) is 55.0 Å². The Labute approximate surface area is 111 Å². The van der Waals surface area contributed by atoms with Crippen LogP contribution < -0.4 is 0 Å². The monoisotopic (exact) mass is 256 g/mol. The van der Waals surface area contributed by atoms with Crippen LogP contribution in [0, 0.1) is 6.92 Å². The molecule has 0 saturated carbocycles. The van der Waals surface area contributed by atoms with Crippen molar-refractivity contribution in [3.63, 3.8) is 0 Å². The fourth-order valence-electron chi connectivity index (χ4n) is 2.57. The fraction of sp³-hybridized carbons (Fsp3) is 0.333. The molecule has 1 aliphatic rings. The molecular formula is C15H16N2O2. The number of carbonyl (C=O) groups is 1. The first kappa shape index (κ1) is 12.0. The van der Waals surface area contributed by atoms with E-state index in [1.54, 1.807) is 6.20 Å². The van der Waals surface area contributed by atoms with Crippen LogP contribution in [0.3, 0.4) is 0 Å². The van der Waals surface area contributed by atoms with Gasteiger partial charge in [-0.05, 0) is 38.3 Å². The van der Waals surface area contributed by atoms with E-state index in [-0.39, 0.29) is 5.97 Å². The van der Waals surface area contributed by atoms with Crippen LogP contribution in [0.2, 0.25) is 0 Å². The number of ether oxygens (including phenoxy) is 1. The summed E-state index contributed by atoms with van der Waals surface area (Å²) >= 11 is 0. The number of aryl methyl sites for hydroxylation is 3. The number of aromatic amines is 1. The van der Waals surface area contributed by atoms with Crippen molar-refractivity contribution in [1.29, 1.82) is 0 Å². The van der Waals surface area contributed by atoms with E-state index in [1.165, 1.54) is 5.56 Å². The van der Waals surface area contributed by atoms with Gasteiger partial charge in [-0.2, -0.15) is 0 Å². The van der Waals surface area contributed by atoms with Crippen LogP contribution in [-0.2, 0) is 17.6 Å². The Morgan fingerprint density at radius 1 is 1.42 bits per heavy atom. The van der Waals surface area contributed by atoms with E-state index in [1.807, 2.05) is 19.9 Å². The van der Waals surface area contributed by atoms with Crippen molar-refractivity contribution in [2.24, 2.45) is 0 Å². The molecule has 4 nitrogen and oxygen atoms in total. The summed E-state index contributed by atoms with van der Waals surface area (Å²) < 4.78 is 5.11. The van der Waals surface area contributed by atoms with Gasteiger partial charge in [-0.1, -0.05) is 6.07 Å². The highest BCUT2D eigenvalue weighted by atomic mass is 16.5. The number of aromatic nitrogens is 2. The van der Waals surface area contributed by atoms with Crippen LogP contribution in [0.5, 0.6) is 0 Å². The molecule has 3 rings (SSSR count). The van der Waals surface area contributed by atoms with Crippen LogP contribution >= 0.6 is 0 Å². The van der Waals surface area contributed by atoms with Crippen LogP contribution in [0.1, 0.15) is 34.2 Å². The normalized spacial score (nSPS) is 12.7. The predicted molar refractivity (Wildman–Crippen MR) is 72.1 cm³/mol. The van der Waals surface area contributed by atoms with Gasteiger partial charge in [-0.3, -0.25) is 4.98 Å². The molecule has 98 valence electrons. The van der Waals surface area contributed by atoms with Crippen molar-refractivity contribution < 1.29 is 9.53 Å². The van der Waals surface area contributed by atoms with Crippen molar-refractivity contribution in [1.82, 2.24) is 9.97 Å². The molecule has 0 atom stereocenters. The SMILES string of the molecule is CCOC(=O)c1c[nH]c2c1-c1nc(C)ccc1CC2. The summed E-state index contributed by atoms with van der Waals surface area (Å²) in [6.45, 7) is 4.16. The molecule has 0 saturated heterocycles. The molecule has 0 amide bonds. The molecule has 4 heteroatoms. The third-order valence-electron chi connectivity index (χ3n) is 3.46. The number of H-pyrrole nitrogens is 1. The van der Waals surface area contributed by atoms with Gasteiger partial charge in [0.1, 0.15) is 0 Å². The largest absolute Gasteiger partial charge is 0.462 e. The molecule has 2 aromatic rings. The van der Waals surface area contributed by atoms with E-state index in [9.17, 15) is 4.79 Å². The highest BCUT2D eigenvalue weighted by Gasteiger charge is 2.26. The number of hydrogen-bond acceptors (Lipinski definition) is 3.